The van der Waals surface area contributed by atoms with Gasteiger partial charge in [0.25, 0.3) is 0 Å². The first-order chi connectivity index (χ1) is 6.90. The Hall–Kier alpha value is -1.71. The van der Waals surface area contributed by atoms with Crippen molar-refractivity contribution >= 4 is 5.82 Å². The van der Waals surface area contributed by atoms with Crippen molar-refractivity contribution in [3.05, 3.63) is 24.5 Å². The fourth-order valence-corrected chi connectivity index (χ4v) is 1.22. The molecule has 2 aromatic heterocycles. The Labute approximate surface area is 82.3 Å². The summed E-state index contributed by atoms with van der Waals surface area (Å²) in [6.45, 7) is 3.05. The van der Waals surface area contributed by atoms with Gasteiger partial charge in [-0.3, -0.25) is 5.10 Å². The molecule has 0 atom stereocenters. The van der Waals surface area contributed by atoms with Gasteiger partial charge in [-0.25, -0.2) is 0 Å². The monoisotopic (exact) mass is 191 g/mol. The van der Waals surface area contributed by atoms with Crippen molar-refractivity contribution in [2.24, 2.45) is 0 Å². The van der Waals surface area contributed by atoms with E-state index in [4.69, 9.17) is 4.42 Å². The second kappa shape index (κ2) is 4.00. The second-order valence-corrected chi connectivity index (χ2v) is 3.07. The lowest BCUT2D eigenvalue weighted by atomic mass is 10.3. The van der Waals surface area contributed by atoms with Crippen LogP contribution in [0.2, 0.25) is 0 Å². The van der Waals surface area contributed by atoms with E-state index >= 15 is 0 Å². The van der Waals surface area contributed by atoms with E-state index < -0.39 is 0 Å². The third-order valence-corrected chi connectivity index (χ3v) is 1.92. The lowest BCUT2D eigenvalue weighted by molar-refractivity contribution is 0.580. The highest BCUT2D eigenvalue weighted by atomic mass is 16.3. The summed E-state index contributed by atoms with van der Waals surface area (Å²) < 4.78 is 5.24. The first-order valence-electron chi connectivity index (χ1n) is 4.73. The molecule has 0 amide bonds. The lowest BCUT2D eigenvalue weighted by Crippen LogP contribution is -1.99. The van der Waals surface area contributed by atoms with Gasteiger partial charge in [0.2, 0.25) is 0 Å². The van der Waals surface area contributed by atoms with Crippen LogP contribution < -0.4 is 5.32 Å². The van der Waals surface area contributed by atoms with Gasteiger partial charge >= 0.3 is 0 Å². The number of nitrogens with one attached hydrogen (secondary N) is 2. The van der Waals surface area contributed by atoms with E-state index in [1.165, 1.54) is 0 Å². The fraction of sp³-hybridized carbons (Fsp3) is 0.300. The highest BCUT2D eigenvalue weighted by Crippen LogP contribution is 2.19. The van der Waals surface area contributed by atoms with Crippen LogP contribution in [-0.4, -0.2) is 16.7 Å². The first kappa shape index (κ1) is 8.87. The minimum atomic E-state index is 0.807. The number of aromatic amines is 1. The molecule has 0 saturated carbocycles. The minimum Gasteiger partial charge on any atom is -0.463 e. The van der Waals surface area contributed by atoms with E-state index in [1.807, 2.05) is 18.2 Å². The van der Waals surface area contributed by atoms with Gasteiger partial charge in [-0.05, 0) is 18.6 Å². The zero-order valence-corrected chi connectivity index (χ0v) is 8.08. The van der Waals surface area contributed by atoms with E-state index in [0.717, 1.165) is 30.2 Å². The summed E-state index contributed by atoms with van der Waals surface area (Å²) in [5, 5.41) is 10.2. The molecular weight excluding hydrogens is 178 g/mol. The van der Waals surface area contributed by atoms with Crippen LogP contribution in [0, 0.1) is 0 Å². The quantitative estimate of drug-likeness (QED) is 0.780. The summed E-state index contributed by atoms with van der Waals surface area (Å²) in [5.74, 6) is 1.67. The Morgan fingerprint density at radius 3 is 3.21 bits per heavy atom. The number of H-pyrrole nitrogens is 1. The maximum Gasteiger partial charge on any atom is 0.151 e. The molecule has 0 aliphatic rings. The normalized spacial score (nSPS) is 10.4. The van der Waals surface area contributed by atoms with Crippen LogP contribution in [0.25, 0.3) is 11.5 Å². The van der Waals surface area contributed by atoms with Crippen LogP contribution >= 0.6 is 0 Å². The zero-order chi connectivity index (χ0) is 9.80. The maximum atomic E-state index is 5.24. The molecule has 0 fully saturated rings. The van der Waals surface area contributed by atoms with Crippen molar-refractivity contribution in [1.82, 2.24) is 10.2 Å². The number of nitrogens with zero attached hydrogens (tertiary/aromatic N) is 1. The molecular formula is C10H13N3O. The smallest absolute Gasteiger partial charge is 0.151 e. The Balaban J connectivity index is 2.10. The van der Waals surface area contributed by atoms with Gasteiger partial charge in [-0.2, -0.15) is 5.10 Å². The molecule has 0 saturated heterocycles. The van der Waals surface area contributed by atoms with Gasteiger partial charge in [0.1, 0.15) is 11.5 Å². The van der Waals surface area contributed by atoms with Crippen LogP contribution in [0.5, 0.6) is 0 Å². The van der Waals surface area contributed by atoms with Gasteiger partial charge in [-0.1, -0.05) is 6.92 Å². The third kappa shape index (κ3) is 1.79. The average molecular weight is 191 g/mol. The predicted octanol–water partition coefficient (Wildman–Crippen LogP) is 2.49. The largest absolute Gasteiger partial charge is 0.463 e. The van der Waals surface area contributed by atoms with E-state index in [0.29, 0.717) is 0 Å². The van der Waals surface area contributed by atoms with E-state index in [9.17, 15) is 0 Å². The fourth-order valence-electron chi connectivity index (χ4n) is 1.22. The zero-order valence-electron chi connectivity index (χ0n) is 8.08. The highest BCUT2D eigenvalue weighted by molar-refractivity contribution is 5.56. The second-order valence-electron chi connectivity index (χ2n) is 3.07. The number of furan rings is 1. The van der Waals surface area contributed by atoms with Crippen molar-refractivity contribution in [2.75, 3.05) is 11.9 Å². The van der Waals surface area contributed by atoms with Crippen LogP contribution in [0.4, 0.5) is 5.82 Å². The lowest BCUT2D eigenvalue weighted by Gasteiger charge is -1.96. The molecule has 2 rings (SSSR count). The Kier molecular flexibility index (Phi) is 2.53. The molecule has 4 heteroatoms. The molecule has 0 radical (unpaired) electrons. The molecule has 2 aromatic rings. The van der Waals surface area contributed by atoms with E-state index in [-0.39, 0.29) is 0 Å². The van der Waals surface area contributed by atoms with Crippen LogP contribution in [-0.2, 0) is 0 Å². The van der Waals surface area contributed by atoms with Crippen molar-refractivity contribution in [3.63, 3.8) is 0 Å². The molecule has 74 valence electrons. The molecule has 2 heterocycles. The number of rotatable bonds is 4. The van der Waals surface area contributed by atoms with E-state index in [2.05, 4.69) is 22.4 Å². The van der Waals surface area contributed by atoms with Crippen LogP contribution in [0.1, 0.15) is 13.3 Å². The number of anilines is 1. The molecule has 4 nitrogen and oxygen atoms in total. The average Bonchev–Trinajstić information content (AvgIpc) is 2.85. The standard InChI is InChI=1S/C10H13N3O/c1-2-5-11-10-7-8(12-13-10)9-4-3-6-14-9/h3-4,6-7H,2,5H2,1H3,(H2,11,12,13). The highest BCUT2D eigenvalue weighted by Gasteiger charge is 2.04. The number of hydrogen-bond donors (Lipinski definition) is 2. The minimum absolute atomic E-state index is 0.807. The molecule has 0 aliphatic carbocycles. The summed E-state index contributed by atoms with van der Waals surface area (Å²) in [6, 6.07) is 5.70. The van der Waals surface area contributed by atoms with E-state index in [1.54, 1.807) is 6.26 Å². The van der Waals surface area contributed by atoms with Crippen molar-refractivity contribution < 1.29 is 4.42 Å². The summed E-state index contributed by atoms with van der Waals surface area (Å²) in [7, 11) is 0. The molecule has 14 heavy (non-hydrogen) atoms. The molecule has 0 aromatic carbocycles. The third-order valence-electron chi connectivity index (χ3n) is 1.92. The van der Waals surface area contributed by atoms with Crippen molar-refractivity contribution in [2.45, 2.75) is 13.3 Å². The van der Waals surface area contributed by atoms with Crippen molar-refractivity contribution in [1.29, 1.82) is 0 Å². The SMILES string of the molecule is CCCNc1cc(-c2ccco2)[nH]n1. The van der Waals surface area contributed by atoms with Gasteiger partial charge < -0.3 is 9.73 Å². The van der Waals surface area contributed by atoms with Gasteiger partial charge in [0.05, 0.1) is 6.26 Å². The molecule has 0 unspecified atom stereocenters. The summed E-state index contributed by atoms with van der Waals surface area (Å²) in [5.41, 5.74) is 0.897. The maximum absolute atomic E-state index is 5.24. The van der Waals surface area contributed by atoms with Gasteiger partial charge in [0.15, 0.2) is 5.76 Å². The van der Waals surface area contributed by atoms with Crippen LogP contribution in [0.3, 0.4) is 0 Å². The summed E-state index contributed by atoms with van der Waals surface area (Å²) in [4.78, 5) is 0. The predicted molar refractivity (Wildman–Crippen MR) is 55.1 cm³/mol. The Morgan fingerprint density at radius 2 is 2.50 bits per heavy atom. The van der Waals surface area contributed by atoms with Crippen LogP contribution in [0.15, 0.2) is 28.9 Å². The van der Waals surface area contributed by atoms with Crippen molar-refractivity contribution in [3.8, 4) is 11.5 Å². The van der Waals surface area contributed by atoms with Gasteiger partial charge in [-0.15, -0.1) is 0 Å². The number of aromatic nitrogens is 2. The molecule has 0 bridgehead atoms. The molecule has 2 N–H and O–H groups in total. The first-order valence-corrected chi connectivity index (χ1v) is 4.73. The Bertz CT molecular complexity index is 378. The molecule has 0 spiro atoms. The molecule has 0 aliphatic heterocycles. The Morgan fingerprint density at radius 1 is 1.57 bits per heavy atom. The topological polar surface area (TPSA) is 53.9 Å². The summed E-state index contributed by atoms with van der Waals surface area (Å²) >= 11 is 0. The number of hydrogen-bond acceptors (Lipinski definition) is 3. The van der Waals surface area contributed by atoms with Gasteiger partial charge in [0, 0.05) is 12.6 Å². The summed E-state index contributed by atoms with van der Waals surface area (Å²) in [6.07, 6.45) is 2.73.